The number of rotatable bonds is 4. The van der Waals surface area contributed by atoms with Gasteiger partial charge >= 0.3 is 0 Å². The van der Waals surface area contributed by atoms with Crippen molar-refractivity contribution in [3.05, 3.63) is 0 Å². The first-order chi connectivity index (χ1) is 13.1. The summed E-state index contributed by atoms with van der Waals surface area (Å²) >= 11 is 0. The minimum atomic E-state index is 0.261. The molecule has 4 fully saturated rings. The number of methoxy groups -OCH3 is 4. The van der Waals surface area contributed by atoms with Crippen LogP contribution in [0, 0.1) is 29.6 Å². The van der Waals surface area contributed by atoms with Crippen LogP contribution in [-0.2, 0) is 18.9 Å². The van der Waals surface area contributed by atoms with Crippen molar-refractivity contribution in [3.63, 3.8) is 0 Å². The molecule has 4 rings (SSSR count). The van der Waals surface area contributed by atoms with Crippen LogP contribution < -0.4 is 4.90 Å². The topological polar surface area (TPSA) is 41.4 Å². The van der Waals surface area contributed by atoms with Crippen molar-refractivity contribution in [1.29, 1.82) is 0 Å². The minimum Gasteiger partial charge on any atom is -0.379 e. The Morgan fingerprint density at radius 3 is 2.07 bits per heavy atom. The fourth-order valence-corrected chi connectivity index (χ4v) is 7.67. The standard InChI is InChI=1S/C22H39NO4/c1-13-15-6-7-18(24-2)22(27-5)17(15)12-23-9-8-14-10-19(25-3)20(26-4)11-16(14)21(13)23/h13-22H,6-12H2,1-5H3/p+1. The highest BCUT2D eigenvalue weighted by molar-refractivity contribution is 5.00. The molecule has 11 atom stereocenters. The Morgan fingerprint density at radius 2 is 1.41 bits per heavy atom. The van der Waals surface area contributed by atoms with Crippen molar-refractivity contribution in [3.8, 4) is 0 Å². The minimum absolute atomic E-state index is 0.261. The number of hydrogen-bond donors (Lipinski definition) is 1. The molecule has 0 aromatic carbocycles. The van der Waals surface area contributed by atoms with Crippen molar-refractivity contribution in [2.24, 2.45) is 29.6 Å². The van der Waals surface area contributed by atoms with E-state index in [2.05, 4.69) is 6.92 Å². The van der Waals surface area contributed by atoms with E-state index in [9.17, 15) is 0 Å². The van der Waals surface area contributed by atoms with Crippen LogP contribution in [0.25, 0.3) is 0 Å². The first kappa shape index (κ1) is 20.1. The third kappa shape index (κ3) is 3.38. The zero-order valence-electron chi connectivity index (χ0n) is 17.9. The smallest absolute Gasteiger partial charge is 0.0935 e. The molecule has 2 heterocycles. The Balaban J connectivity index is 1.55. The summed E-state index contributed by atoms with van der Waals surface area (Å²) in [6.07, 6.45) is 7.19. The molecule has 0 radical (unpaired) electrons. The fourth-order valence-electron chi connectivity index (χ4n) is 7.67. The summed E-state index contributed by atoms with van der Waals surface area (Å²) in [7, 11) is 7.44. The van der Waals surface area contributed by atoms with Crippen molar-refractivity contribution in [2.75, 3.05) is 41.5 Å². The van der Waals surface area contributed by atoms with Crippen molar-refractivity contribution in [2.45, 2.75) is 69.5 Å². The zero-order valence-corrected chi connectivity index (χ0v) is 17.9. The molecule has 11 unspecified atom stereocenters. The highest BCUT2D eigenvalue weighted by Gasteiger charge is 2.57. The molecule has 2 saturated carbocycles. The van der Waals surface area contributed by atoms with Gasteiger partial charge in [0.2, 0.25) is 0 Å². The van der Waals surface area contributed by atoms with Gasteiger partial charge in [-0.25, -0.2) is 0 Å². The highest BCUT2D eigenvalue weighted by atomic mass is 16.5. The number of fused-ring (bicyclic) bond motifs is 4. The summed E-state index contributed by atoms with van der Waals surface area (Å²) in [5.41, 5.74) is 0. The van der Waals surface area contributed by atoms with E-state index in [0.29, 0.717) is 5.92 Å². The Morgan fingerprint density at radius 1 is 0.704 bits per heavy atom. The van der Waals surface area contributed by atoms with Crippen LogP contribution in [0.15, 0.2) is 0 Å². The van der Waals surface area contributed by atoms with E-state index in [0.717, 1.165) is 36.1 Å². The maximum absolute atomic E-state index is 5.99. The lowest BCUT2D eigenvalue weighted by Gasteiger charge is -2.57. The van der Waals surface area contributed by atoms with E-state index in [4.69, 9.17) is 18.9 Å². The summed E-state index contributed by atoms with van der Waals surface area (Å²) in [6.45, 7) is 5.10. The molecular weight excluding hydrogens is 342 g/mol. The number of hydrogen-bond acceptors (Lipinski definition) is 4. The van der Waals surface area contributed by atoms with Gasteiger partial charge < -0.3 is 23.8 Å². The van der Waals surface area contributed by atoms with Crippen LogP contribution in [0.4, 0.5) is 0 Å². The molecule has 2 saturated heterocycles. The quantitative estimate of drug-likeness (QED) is 0.798. The second-order valence-electron chi connectivity index (χ2n) is 9.61. The summed E-state index contributed by atoms with van der Waals surface area (Å²) < 4.78 is 23.4. The molecular formula is C22H40NO4+. The SMILES string of the molecule is COC1CC2CC[NH+]3CC4C(CCC(OC)C4OC)C(C)C3C2CC1OC. The largest absolute Gasteiger partial charge is 0.379 e. The second kappa shape index (κ2) is 8.27. The van der Waals surface area contributed by atoms with E-state index in [1.807, 2.05) is 33.3 Å². The maximum atomic E-state index is 5.99. The van der Waals surface area contributed by atoms with Crippen molar-refractivity contribution >= 4 is 0 Å². The lowest BCUT2D eigenvalue weighted by Crippen LogP contribution is -3.21. The predicted octanol–water partition coefficient (Wildman–Crippen LogP) is 1.41. The molecule has 0 aromatic rings. The molecule has 0 spiro atoms. The molecule has 1 N–H and O–H groups in total. The predicted molar refractivity (Wildman–Crippen MR) is 104 cm³/mol. The Bertz CT molecular complexity index is 503. The normalized spacial score (nSPS) is 52.6. The number of nitrogens with one attached hydrogen (secondary N) is 1. The Hall–Kier alpha value is -0.200. The van der Waals surface area contributed by atoms with Gasteiger partial charge in [0.1, 0.15) is 0 Å². The average Bonchev–Trinajstić information content (AvgIpc) is 2.71. The van der Waals surface area contributed by atoms with Crippen LogP contribution >= 0.6 is 0 Å². The van der Waals surface area contributed by atoms with E-state index >= 15 is 0 Å². The molecule has 0 bridgehead atoms. The summed E-state index contributed by atoms with van der Waals surface area (Å²) in [6, 6.07) is 0.775. The Labute approximate surface area is 165 Å². The van der Waals surface area contributed by atoms with Gasteiger partial charge in [-0.3, -0.25) is 0 Å². The van der Waals surface area contributed by atoms with E-state index in [-0.39, 0.29) is 24.4 Å². The number of quaternary nitrogens is 1. The highest BCUT2D eigenvalue weighted by Crippen LogP contribution is 2.46. The van der Waals surface area contributed by atoms with Crippen molar-refractivity contribution in [1.82, 2.24) is 0 Å². The van der Waals surface area contributed by atoms with Gasteiger partial charge in [-0.2, -0.15) is 0 Å². The molecule has 5 nitrogen and oxygen atoms in total. The molecule has 2 aliphatic heterocycles. The lowest BCUT2D eigenvalue weighted by atomic mass is 9.58. The van der Waals surface area contributed by atoms with Gasteiger partial charge in [-0.05, 0) is 43.9 Å². The molecule has 4 aliphatic rings. The lowest BCUT2D eigenvalue weighted by molar-refractivity contribution is -0.952. The van der Waals surface area contributed by atoms with E-state index in [1.165, 1.54) is 38.8 Å². The van der Waals surface area contributed by atoms with Gasteiger partial charge in [-0.15, -0.1) is 0 Å². The van der Waals surface area contributed by atoms with Gasteiger partial charge in [0.05, 0.1) is 43.5 Å². The fraction of sp³-hybridized carbons (Fsp3) is 1.00. The van der Waals surface area contributed by atoms with Crippen LogP contribution in [0.5, 0.6) is 0 Å². The van der Waals surface area contributed by atoms with Crippen LogP contribution in [0.1, 0.15) is 39.0 Å². The monoisotopic (exact) mass is 382 g/mol. The van der Waals surface area contributed by atoms with Crippen LogP contribution in [0.3, 0.4) is 0 Å². The molecule has 27 heavy (non-hydrogen) atoms. The van der Waals surface area contributed by atoms with Gasteiger partial charge in [-0.1, -0.05) is 6.92 Å². The molecule has 5 heteroatoms. The summed E-state index contributed by atoms with van der Waals surface area (Å²) in [5, 5.41) is 0. The number of piperidine rings is 2. The van der Waals surface area contributed by atoms with Crippen molar-refractivity contribution < 1.29 is 23.8 Å². The van der Waals surface area contributed by atoms with Crippen LogP contribution in [-0.4, -0.2) is 72.0 Å². The maximum Gasteiger partial charge on any atom is 0.0935 e. The van der Waals surface area contributed by atoms with Gasteiger partial charge in [0.15, 0.2) is 0 Å². The zero-order chi connectivity index (χ0) is 19.1. The molecule has 0 aromatic heterocycles. The first-order valence-corrected chi connectivity index (χ1v) is 11.1. The summed E-state index contributed by atoms with van der Waals surface area (Å²) in [4.78, 5) is 1.83. The third-order valence-electron chi connectivity index (χ3n) is 8.87. The van der Waals surface area contributed by atoms with E-state index < -0.39 is 0 Å². The van der Waals surface area contributed by atoms with Crippen LogP contribution in [0.2, 0.25) is 0 Å². The first-order valence-electron chi connectivity index (χ1n) is 11.1. The molecule has 0 amide bonds. The van der Waals surface area contributed by atoms with Gasteiger partial charge in [0.25, 0.3) is 0 Å². The third-order valence-corrected chi connectivity index (χ3v) is 8.87. The van der Waals surface area contributed by atoms with E-state index in [1.54, 1.807) is 0 Å². The number of ether oxygens (including phenoxy) is 4. The Kier molecular flexibility index (Phi) is 6.15. The molecule has 2 aliphatic carbocycles. The second-order valence-corrected chi connectivity index (χ2v) is 9.61. The van der Waals surface area contributed by atoms with Gasteiger partial charge in [0, 0.05) is 46.2 Å². The average molecular weight is 383 g/mol. The molecule has 156 valence electrons. The summed E-state index contributed by atoms with van der Waals surface area (Å²) in [5.74, 6) is 3.75.